The molecule has 0 radical (unpaired) electrons. The molecule has 0 aliphatic carbocycles. The van der Waals surface area contributed by atoms with Crippen LogP contribution in [-0.4, -0.2) is 36.0 Å². The van der Waals surface area contributed by atoms with Gasteiger partial charge in [-0.3, -0.25) is 4.79 Å². The summed E-state index contributed by atoms with van der Waals surface area (Å²) in [6.07, 6.45) is -5.06. The van der Waals surface area contributed by atoms with E-state index < -0.39 is 41.4 Å². The third-order valence-electron chi connectivity index (χ3n) is 3.84. The SMILES string of the molecule is C[C@@H]1CN(C(=O)N[C@@H](c2c(F)cccc2F)C(F)(F)F)CCC1=O. The molecule has 4 nitrogen and oxygen atoms in total. The number of alkyl halides is 3. The highest BCUT2D eigenvalue weighted by Gasteiger charge is 2.45. The molecule has 2 amide bonds. The number of hydrogen-bond acceptors (Lipinski definition) is 2. The quantitative estimate of drug-likeness (QED) is 0.833. The average Bonchev–Trinajstić information content (AvgIpc) is 2.47. The first-order valence-electron chi connectivity index (χ1n) is 7.20. The monoisotopic (exact) mass is 350 g/mol. The Balaban J connectivity index is 2.24. The third-order valence-corrected chi connectivity index (χ3v) is 3.84. The summed E-state index contributed by atoms with van der Waals surface area (Å²) in [5.41, 5.74) is -1.26. The average molecular weight is 350 g/mol. The lowest BCUT2D eigenvalue weighted by atomic mass is 9.99. The van der Waals surface area contributed by atoms with Crippen LogP contribution < -0.4 is 5.32 Å². The highest BCUT2D eigenvalue weighted by molar-refractivity contribution is 5.84. The predicted octanol–water partition coefficient (Wildman–Crippen LogP) is 3.19. The van der Waals surface area contributed by atoms with Gasteiger partial charge in [0.1, 0.15) is 17.4 Å². The van der Waals surface area contributed by atoms with Crippen LogP contribution in [0.25, 0.3) is 0 Å². The molecule has 9 heteroatoms. The summed E-state index contributed by atoms with van der Waals surface area (Å²) in [5.74, 6) is -3.40. The number of nitrogens with one attached hydrogen (secondary N) is 1. The van der Waals surface area contributed by atoms with Gasteiger partial charge in [-0.25, -0.2) is 13.6 Å². The Morgan fingerprint density at radius 1 is 1.29 bits per heavy atom. The molecule has 1 saturated heterocycles. The molecule has 24 heavy (non-hydrogen) atoms. The zero-order valence-electron chi connectivity index (χ0n) is 12.7. The Kier molecular flexibility index (Phi) is 5.10. The largest absolute Gasteiger partial charge is 0.413 e. The highest BCUT2D eigenvalue weighted by Crippen LogP contribution is 2.35. The number of rotatable bonds is 2. The number of urea groups is 1. The van der Waals surface area contributed by atoms with Crippen LogP contribution in [0.4, 0.5) is 26.7 Å². The number of ketones is 1. The summed E-state index contributed by atoms with van der Waals surface area (Å²) < 4.78 is 67.0. The first-order valence-corrected chi connectivity index (χ1v) is 7.20. The minimum atomic E-state index is -5.09. The minimum Gasteiger partial charge on any atom is -0.324 e. The van der Waals surface area contributed by atoms with Crippen LogP contribution in [0.15, 0.2) is 18.2 Å². The van der Waals surface area contributed by atoms with Crippen molar-refractivity contribution in [3.63, 3.8) is 0 Å². The van der Waals surface area contributed by atoms with Crippen LogP contribution in [0.3, 0.4) is 0 Å². The first kappa shape index (κ1) is 18.2. The normalized spacial score (nSPS) is 20.0. The minimum absolute atomic E-state index is 0.0271. The van der Waals surface area contributed by atoms with E-state index in [9.17, 15) is 31.5 Å². The number of Topliss-reactive ketones (excluding diaryl/α,β-unsaturated/α-hetero) is 1. The molecule has 0 aromatic heterocycles. The molecule has 2 atom stereocenters. The van der Waals surface area contributed by atoms with E-state index in [1.165, 1.54) is 0 Å². The summed E-state index contributed by atoms with van der Waals surface area (Å²) in [6.45, 7) is 1.47. The van der Waals surface area contributed by atoms with Gasteiger partial charge in [-0.2, -0.15) is 13.2 Å². The predicted molar refractivity (Wildman–Crippen MR) is 74.0 cm³/mol. The molecule has 1 aliphatic rings. The molecule has 0 spiro atoms. The van der Waals surface area contributed by atoms with Crippen molar-refractivity contribution < 1.29 is 31.5 Å². The summed E-state index contributed by atoms with van der Waals surface area (Å²) in [7, 11) is 0. The van der Waals surface area contributed by atoms with Gasteiger partial charge in [-0.15, -0.1) is 0 Å². The lowest BCUT2D eigenvalue weighted by molar-refractivity contribution is -0.156. The Morgan fingerprint density at radius 3 is 2.38 bits per heavy atom. The molecule has 0 saturated carbocycles. The van der Waals surface area contributed by atoms with Gasteiger partial charge in [-0.05, 0) is 12.1 Å². The highest BCUT2D eigenvalue weighted by atomic mass is 19.4. The molecular weight excluding hydrogens is 335 g/mol. The lowest BCUT2D eigenvalue weighted by Crippen LogP contribution is -2.50. The molecule has 0 unspecified atom stereocenters. The second-order valence-corrected chi connectivity index (χ2v) is 5.62. The smallest absolute Gasteiger partial charge is 0.324 e. The van der Waals surface area contributed by atoms with Crippen LogP contribution in [0.5, 0.6) is 0 Å². The van der Waals surface area contributed by atoms with Gasteiger partial charge in [0.05, 0.1) is 5.56 Å². The zero-order chi connectivity index (χ0) is 18.1. The fraction of sp³-hybridized carbons (Fsp3) is 0.467. The molecule has 1 fully saturated rings. The number of halogens is 5. The Morgan fingerprint density at radius 2 is 1.88 bits per heavy atom. The topological polar surface area (TPSA) is 49.4 Å². The molecule has 132 valence electrons. The van der Waals surface area contributed by atoms with Gasteiger partial charge in [0.25, 0.3) is 0 Å². The second kappa shape index (κ2) is 6.74. The fourth-order valence-corrected chi connectivity index (χ4v) is 2.52. The maximum atomic E-state index is 13.7. The van der Waals surface area contributed by atoms with E-state index in [1.807, 2.05) is 0 Å². The van der Waals surface area contributed by atoms with E-state index in [0.717, 1.165) is 11.0 Å². The fourth-order valence-electron chi connectivity index (χ4n) is 2.52. The van der Waals surface area contributed by atoms with Gasteiger partial charge < -0.3 is 10.2 Å². The van der Waals surface area contributed by atoms with Crippen LogP contribution in [0, 0.1) is 17.6 Å². The molecule has 1 aromatic carbocycles. The number of hydrogen-bond donors (Lipinski definition) is 1. The number of amides is 2. The number of carbonyl (C=O) groups excluding carboxylic acids is 2. The molecule has 2 rings (SSSR count). The number of likely N-dealkylation sites (tertiary alicyclic amines) is 1. The Labute approximate surface area is 134 Å². The van der Waals surface area contributed by atoms with Crippen LogP contribution in [-0.2, 0) is 4.79 Å². The molecule has 1 N–H and O–H groups in total. The zero-order valence-corrected chi connectivity index (χ0v) is 12.7. The number of nitrogens with zero attached hydrogens (tertiary/aromatic N) is 1. The maximum absolute atomic E-state index is 13.7. The molecule has 1 heterocycles. The van der Waals surface area contributed by atoms with Crippen LogP contribution in [0.2, 0.25) is 0 Å². The molecule has 0 bridgehead atoms. The van der Waals surface area contributed by atoms with Gasteiger partial charge >= 0.3 is 12.2 Å². The van der Waals surface area contributed by atoms with Crippen molar-refractivity contribution in [3.8, 4) is 0 Å². The summed E-state index contributed by atoms with van der Waals surface area (Å²) in [5, 5.41) is 1.63. The van der Waals surface area contributed by atoms with Crippen LogP contribution in [0.1, 0.15) is 24.9 Å². The van der Waals surface area contributed by atoms with Crippen molar-refractivity contribution in [2.24, 2.45) is 5.92 Å². The lowest BCUT2D eigenvalue weighted by Gasteiger charge is -2.32. The Hall–Kier alpha value is -2.19. The van der Waals surface area contributed by atoms with Crippen molar-refractivity contribution in [2.45, 2.75) is 25.6 Å². The van der Waals surface area contributed by atoms with Crippen molar-refractivity contribution in [3.05, 3.63) is 35.4 Å². The van der Waals surface area contributed by atoms with E-state index >= 15 is 0 Å². The van der Waals surface area contributed by atoms with E-state index in [4.69, 9.17) is 0 Å². The standard InChI is InChI=1S/C15H15F5N2O2/c1-8-7-22(6-5-11(8)23)14(24)21-13(15(18,19)20)12-9(16)3-2-4-10(12)17/h2-4,8,13H,5-7H2,1H3,(H,21,24)/t8-,13+/m1/s1. The molecule has 1 aliphatic heterocycles. The summed E-state index contributed by atoms with van der Waals surface area (Å²) in [6, 6.07) is -1.64. The molecular formula is C15H15F5N2O2. The first-order chi connectivity index (χ1) is 11.1. The van der Waals surface area contributed by atoms with E-state index in [0.29, 0.717) is 12.1 Å². The third kappa shape index (κ3) is 3.82. The van der Waals surface area contributed by atoms with E-state index in [1.54, 1.807) is 12.2 Å². The van der Waals surface area contributed by atoms with Gasteiger partial charge in [-0.1, -0.05) is 13.0 Å². The number of carbonyl (C=O) groups is 2. The second-order valence-electron chi connectivity index (χ2n) is 5.62. The molecule has 1 aromatic rings. The van der Waals surface area contributed by atoms with Crippen LogP contribution >= 0.6 is 0 Å². The van der Waals surface area contributed by atoms with Gasteiger partial charge in [0, 0.05) is 25.4 Å². The number of piperidine rings is 1. The Bertz CT molecular complexity index is 627. The van der Waals surface area contributed by atoms with Crippen molar-refractivity contribution in [2.75, 3.05) is 13.1 Å². The van der Waals surface area contributed by atoms with E-state index in [-0.39, 0.29) is 25.3 Å². The van der Waals surface area contributed by atoms with Crippen molar-refractivity contribution in [1.82, 2.24) is 10.2 Å². The van der Waals surface area contributed by atoms with Gasteiger partial charge in [0.2, 0.25) is 0 Å². The van der Waals surface area contributed by atoms with E-state index in [2.05, 4.69) is 0 Å². The number of benzene rings is 1. The van der Waals surface area contributed by atoms with Gasteiger partial charge in [0.15, 0.2) is 6.04 Å². The maximum Gasteiger partial charge on any atom is 0.413 e. The summed E-state index contributed by atoms with van der Waals surface area (Å²) in [4.78, 5) is 24.5. The summed E-state index contributed by atoms with van der Waals surface area (Å²) >= 11 is 0. The van der Waals surface area contributed by atoms with Crippen molar-refractivity contribution >= 4 is 11.8 Å². The van der Waals surface area contributed by atoms with Crippen molar-refractivity contribution in [1.29, 1.82) is 0 Å².